The Labute approximate surface area is 135 Å². The van der Waals surface area contributed by atoms with Gasteiger partial charge in [0.25, 0.3) is 5.91 Å². The van der Waals surface area contributed by atoms with Crippen LogP contribution in [0.5, 0.6) is 0 Å². The first-order valence-corrected chi connectivity index (χ1v) is 8.04. The highest BCUT2D eigenvalue weighted by Gasteiger charge is 2.25. The lowest BCUT2D eigenvalue weighted by atomic mass is 10.1. The van der Waals surface area contributed by atoms with Gasteiger partial charge in [-0.15, -0.1) is 0 Å². The quantitative estimate of drug-likeness (QED) is 0.921. The van der Waals surface area contributed by atoms with Crippen LogP contribution in [-0.4, -0.2) is 35.0 Å². The van der Waals surface area contributed by atoms with Crippen molar-refractivity contribution in [3.63, 3.8) is 0 Å². The number of likely N-dealkylation sites (tertiary alicyclic amines) is 1. The molecule has 1 saturated heterocycles. The summed E-state index contributed by atoms with van der Waals surface area (Å²) < 4.78 is 15.4. The molecule has 122 valence electrons. The molecule has 1 atom stereocenters. The monoisotopic (exact) mass is 315 g/mol. The molecule has 1 N–H and O–H groups in total. The van der Waals surface area contributed by atoms with E-state index in [0.717, 1.165) is 13.1 Å². The molecule has 0 bridgehead atoms. The second-order valence-electron chi connectivity index (χ2n) is 6.02. The molecule has 2 heterocycles. The molecular formula is C18H22FN3O. The van der Waals surface area contributed by atoms with Gasteiger partial charge in [-0.05, 0) is 56.3 Å². The standard InChI is InChI=1S/C18H22FN3O/c1-21-9-5-8-16(21)17(22-10-2-3-11-22)13-20-18(23)14-6-4-7-15(19)12-14/h4-9,12,17H,2-3,10-11,13H2,1H3,(H,20,23). The van der Waals surface area contributed by atoms with Gasteiger partial charge < -0.3 is 9.88 Å². The van der Waals surface area contributed by atoms with E-state index in [4.69, 9.17) is 0 Å². The molecule has 1 aromatic carbocycles. The number of halogens is 1. The summed E-state index contributed by atoms with van der Waals surface area (Å²) >= 11 is 0. The smallest absolute Gasteiger partial charge is 0.251 e. The van der Waals surface area contributed by atoms with Crippen LogP contribution >= 0.6 is 0 Å². The van der Waals surface area contributed by atoms with Gasteiger partial charge in [-0.1, -0.05) is 6.07 Å². The van der Waals surface area contributed by atoms with E-state index in [1.165, 1.54) is 30.7 Å². The molecule has 23 heavy (non-hydrogen) atoms. The van der Waals surface area contributed by atoms with Crippen LogP contribution in [0, 0.1) is 5.82 Å². The second kappa shape index (κ2) is 6.96. The Balaban J connectivity index is 1.71. The van der Waals surface area contributed by atoms with Gasteiger partial charge in [-0.2, -0.15) is 0 Å². The van der Waals surface area contributed by atoms with Gasteiger partial charge in [-0.3, -0.25) is 9.69 Å². The minimum Gasteiger partial charge on any atom is -0.353 e. The van der Waals surface area contributed by atoms with Crippen LogP contribution in [0.3, 0.4) is 0 Å². The fourth-order valence-electron chi connectivity index (χ4n) is 3.22. The topological polar surface area (TPSA) is 37.3 Å². The van der Waals surface area contributed by atoms with Gasteiger partial charge >= 0.3 is 0 Å². The number of hydrogen-bond donors (Lipinski definition) is 1. The van der Waals surface area contributed by atoms with Crippen LogP contribution in [0.25, 0.3) is 0 Å². The average molecular weight is 315 g/mol. The first kappa shape index (κ1) is 15.7. The third kappa shape index (κ3) is 3.62. The molecular weight excluding hydrogens is 293 g/mol. The van der Waals surface area contributed by atoms with Crippen LogP contribution in [0.2, 0.25) is 0 Å². The Morgan fingerprint density at radius 3 is 2.70 bits per heavy atom. The molecule has 1 amide bonds. The van der Waals surface area contributed by atoms with E-state index in [-0.39, 0.29) is 11.9 Å². The summed E-state index contributed by atoms with van der Waals surface area (Å²) in [6, 6.07) is 10.1. The number of rotatable bonds is 5. The lowest BCUT2D eigenvalue weighted by Crippen LogP contribution is -2.37. The first-order valence-electron chi connectivity index (χ1n) is 8.04. The maximum absolute atomic E-state index is 13.3. The normalized spacial score (nSPS) is 16.4. The molecule has 0 spiro atoms. The maximum Gasteiger partial charge on any atom is 0.251 e. The van der Waals surface area contributed by atoms with Crippen molar-refractivity contribution in [1.29, 1.82) is 0 Å². The molecule has 1 aliphatic heterocycles. The SMILES string of the molecule is Cn1cccc1C(CNC(=O)c1cccc(F)c1)N1CCCC1. The number of hydrogen-bond acceptors (Lipinski definition) is 2. The highest BCUT2D eigenvalue weighted by Crippen LogP contribution is 2.24. The van der Waals surface area contributed by atoms with Crippen molar-refractivity contribution >= 4 is 5.91 Å². The van der Waals surface area contributed by atoms with Crippen molar-refractivity contribution in [2.45, 2.75) is 18.9 Å². The van der Waals surface area contributed by atoms with Crippen molar-refractivity contribution in [2.75, 3.05) is 19.6 Å². The maximum atomic E-state index is 13.3. The molecule has 5 heteroatoms. The van der Waals surface area contributed by atoms with Crippen molar-refractivity contribution in [3.05, 3.63) is 59.7 Å². The molecule has 0 aliphatic carbocycles. The van der Waals surface area contributed by atoms with E-state index in [1.54, 1.807) is 12.1 Å². The summed E-state index contributed by atoms with van der Waals surface area (Å²) in [7, 11) is 2.02. The van der Waals surface area contributed by atoms with E-state index in [2.05, 4.69) is 20.9 Å². The predicted octanol–water partition coefficient (Wildman–Crippen LogP) is 2.73. The van der Waals surface area contributed by atoms with Gasteiger partial charge in [0.2, 0.25) is 0 Å². The predicted molar refractivity (Wildman–Crippen MR) is 87.7 cm³/mol. The molecule has 0 saturated carbocycles. The van der Waals surface area contributed by atoms with Gasteiger partial charge in [0.15, 0.2) is 0 Å². The number of amides is 1. The van der Waals surface area contributed by atoms with Crippen LogP contribution in [-0.2, 0) is 7.05 Å². The zero-order valence-corrected chi connectivity index (χ0v) is 13.3. The Kier molecular flexibility index (Phi) is 4.76. The van der Waals surface area contributed by atoms with E-state index in [0.29, 0.717) is 12.1 Å². The molecule has 3 rings (SSSR count). The summed E-state index contributed by atoms with van der Waals surface area (Å²) in [6.45, 7) is 2.62. The van der Waals surface area contributed by atoms with Crippen LogP contribution in [0.4, 0.5) is 4.39 Å². The lowest BCUT2D eigenvalue weighted by molar-refractivity contribution is 0.0936. The number of carbonyl (C=O) groups excluding carboxylic acids is 1. The Morgan fingerprint density at radius 1 is 1.26 bits per heavy atom. The van der Waals surface area contributed by atoms with Crippen molar-refractivity contribution in [2.24, 2.45) is 7.05 Å². The molecule has 1 aromatic heterocycles. The third-order valence-corrected chi connectivity index (χ3v) is 4.45. The Morgan fingerprint density at radius 2 is 2.04 bits per heavy atom. The van der Waals surface area contributed by atoms with E-state index in [1.807, 2.05) is 19.3 Å². The fourth-order valence-corrected chi connectivity index (χ4v) is 3.22. The fraction of sp³-hybridized carbons (Fsp3) is 0.389. The lowest BCUT2D eigenvalue weighted by Gasteiger charge is -2.28. The zero-order valence-electron chi connectivity index (χ0n) is 13.3. The number of benzene rings is 1. The minimum atomic E-state index is -0.392. The molecule has 4 nitrogen and oxygen atoms in total. The highest BCUT2D eigenvalue weighted by molar-refractivity contribution is 5.94. The summed E-state index contributed by atoms with van der Waals surface area (Å²) in [5.41, 5.74) is 1.54. The second-order valence-corrected chi connectivity index (χ2v) is 6.02. The van der Waals surface area contributed by atoms with Crippen molar-refractivity contribution in [3.8, 4) is 0 Å². The van der Waals surface area contributed by atoms with Crippen LogP contribution < -0.4 is 5.32 Å². The molecule has 0 radical (unpaired) electrons. The summed E-state index contributed by atoms with van der Waals surface area (Å²) in [6.07, 6.45) is 4.41. The summed E-state index contributed by atoms with van der Waals surface area (Å²) in [4.78, 5) is 14.7. The van der Waals surface area contributed by atoms with Crippen LogP contribution in [0.15, 0.2) is 42.6 Å². The first-order chi connectivity index (χ1) is 11.1. The van der Waals surface area contributed by atoms with Crippen LogP contribution in [0.1, 0.15) is 34.9 Å². The molecule has 2 aromatic rings. The van der Waals surface area contributed by atoms with Gasteiger partial charge in [0.05, 0.1) is 6.04 Å². The molecule has 1 aliphatic rings. The number of aryl methyl sites for hydroxylation is 1. The van der Waals surface area contributed by atoms with E-state index in [9.17, 15) is 9.18 Å². The zero-order chi connectivity index (χ0) is 16.2. The van der Waals surface area contributed by atoms with E-state index < -0.39 is 5.82 Å². The Hall–Kier alpha value is -2.14. The minimum absolute atomic E-state index is 0.148. The third-order valence-electron chi connectivity index (χ3n) is 4.45. The largest absolute Gasteiger partial charge is 0.353 e. The summed E-state index contributed by atoms with van der Waals surface area (Å²) in [5.74, 6) is -0.626. The van der Waals surface area contributed by atoms with Gasteiger partial charge in [0, 0.05) is 31.0 Å². The highest BCUT2D eigenvalue weighted by atomic mass is 19.1. The van der Waals surface area contributed by atoms with Crippen molar-refractivity contribution in [1.82, 2.24) is 14.8 Å². The van der Waals surface area contributed by atoms with E-state index >= 15 is 0 Å². The van der Waals surface area contributed by atoms with Crippen molar-refractivity contribution < 1.29 is 9.18 Å². The Bertz CT molecular complexity index is 676. The summed E-state index contributed by atoms with van der Waals surface area (Å²) in [5, 5.41) is 2.96. The number of aromatic nitrogens is 1. The van der Waals surface area contributed by atoms with Gasteiger partial charge in [-0.25, -0.2) is 4.39 Å². The van der Waals surface area contributed by atoms with Gasteiger partial charge in [0.1, 0.15) is 5.82 Å². The average Bonchev–Trinajstić information content (AvgIpc) is 3.20. The molecule has 1 unspecified atom stereocenters. The number of nitrogens with zero attached hydrogens (tertiary/aromatic N) is 2. The number of carbonyl (C=O) groups is 1. The number of nitrogens with one attached hydrogen (secondary N) is 1. The molecule has 1 fully saturated rings.